The van der Waals surface area contributed by atoms with Crippen LogP contribution >= 0.6 is 11.6 Å². The molecule has 0 aromatic heterocycles. The molecule has 1 nitrogen and oxygen atoms in total. The maximum absolute atomic E-state index is 11.9. The van der Waals surface area contributed by atoms with Crippen LogP contribution in [0.3, 0.4) is 0 Å². The first-order valence-corrected chi connectivity index (χ1v) is 5.84. The minimum atomic E-state index is 0.190. The summed E-state index contributed by atoms with van der Waals surface area (Å²) < 4.78 is 0. The van der Waals surface area contributed by atoms with E-state index in [2.05, 4.69) is 0 Å². The van der Waals surface area contributed by atoms with E-state index in [1.165, 1.54) is 12.8 Å². The molecule has 1 aliphatic rings. The molecule has 0 saturated heterocycles. The van der Waals surface area contributed by atoms with Gasteiger partial charge in [-0.2, -0.15) is 0 Å². The Balaban J connectivity index is 2.06. The summed E-state index contributed by atoms with van der Waals surface area (Å²) in [5.41, 5.74) is 1.67. The number of hydrogen-bond acceptors (Lipinski definition) is 1. The fraction of sp³-hybridized carbons (Fsp3) is 0.462. The lowest BCUT2D eigenvalue weighted by Gasteiger charge is -2.05. The molecule has 1 aromatic rings. The minimum absolute atomic E-state index is 0.190. The molecule has 0 radical (unpaired) electrons. The molecular formula is C13H15ClO. The van der Waals surface area contributed by atoms with E-state index < -0.39 is 0 Å². The highest BCUT2D eigenvalue weighted by Gasteiger charge is 2.22. The van der Waals surface area contributed by atoms with Gasteiger partial charge in [0.2, 0.25) is 0 Å². The third-order valence-electron chi connectivity index (χ3n) is 2.97. The van der Waals surface area contributed by atoms with Crippen LogP contribution in [-0.4, -0.2) is 5.78 Å². The van der Waals surface area contributed by atoms with E-state index in [9.17, 15) is 4.79 Å². The molecule has 1 aromatic carbocycles. The molecule has 2 rings (SSSR count). The average molecular weight is 223 g/mol. The van der Waals surface area contributed by atoms with Gasteiger partial charge in [0, 0.05) is 12.0 Å². The van der Waals surface area contributed by atoms with Crippen molar-refractivity contribution in [2.75, 3.05) is 0 Å². The van der Waals surface area contributed by atoms with Crippen molar-refractivity contribution in [1.29, 1.82) is 0 Å². The maximum Gasteiger partial charge on any atom is 0.164 e. The van der Waals surface area contributed by atoms with Crippen LogP contribution in [0, 0.1) is 12.8 Å². The van der Waals surface area contributed by atoms with E-state index in [4.69, 9.17) is 11.6 Å². The summed E-state index contributed by atoms with van der Waals surface area (Å²) >= 11 is 6.10. The summed E-state index contributed by atoms with van der Waals surface area (Å²) in [4.78, 5) is 11.9. The number of Topliss-reactive ketones (excluding diaryl/α,β-unsaturated/α-hetero) is 1. The Morgan fingerprint density at radius 1 is 1.47 bits per heavy atom. The molecule has 2 heteroatoms. The minimum Gasteiger partial charge on any atom is -0.294 e. The molecule has 0 atom stereocenters. The highest BCUT2D eigenvalue weighted by molar-refractivity contribution is 6.34. The number of ketones is 1. The average Bonchev–Trinajstić information content (AvgIpc) is 3.02. The zero-order valence-electron chi connectivity index (χ0n) is 8.92. The van der Waals surface area contributed by atoms with Crippen LogP contribution in [-0.2, 0) is 0 Å². The van der Waals surface area contributed by atoms with E-state index in [1.807, 2.05) is 25.1 Å². The second-order valence-corrected chi connectivity index (χ2v) is 4.72. The predicted molar refractivity (Wildman–Crippen MR) is 62.5 cm³/mol. The molecule has 1 fully saturated rings. The van der Waals surface area contributed by atoms with Gasteiger partial charge in [0.1, 0.15) is 0 Å². The smallest absolute Gasteiger partial charge is 0.164 e. The van der Waals surface area contributed by atoms with Crippen LogP contribution in [0.5, 0.6) is 0 Å². The van der Waals surface area contributed by atoms with Gasteiger partial charge in [0.05, 0.1) is 5.02 Å². The van der Waals surface area contributed by atoms with E-state index in [0.29, 0.717) is 17.0 Å². The van der Waals surface area contributed by atoms with Gasteiger partial charge >= 0.3 is 0 Å². The molecule has 0 N–H and O–H groups in total. The van der Waals surface area contributed by atoms with E-state index in [0.717, 1.165) is 17.9 Å². The Morgan fingerprint density at radius 3 is 2.87 bits per heavy atom. The summed E-state index contributed by atoms with van der Waals surface area (Å²) in [6, 6.07) is 5.65. The third-order valence-corrected chi connectivity index (χ3v) is 3.47. The number of aryl methyl sites for hydroxylation is 1. The van der Waals surface area contributed by atoms with Crippen LogP contribution < -0.4 is 0 Å². The van der Waals surface area contributed by atoms with Gasteiger partial charge in [0.15, 0.2) is 5.78 Å². The molecule has 0 heterocycles. The zero-order valence-corrected chi connectivity index (χ0v) is 9.68. The number of benzene rings is 1. The maximum atomic E-state index is 11.9. The van der Waals surface area contributed by atoms with Crippen molar-refractivity contribution in [2.45, 2.75) is 32.6 Å². The Hall–Kier alpha value is -0.820. The summed E-state index contributed by atoms with van der Waals surface area (Å²) in [6.07, 6.45) is 4.28. The molecule has 0 amide bonds. The SMILES string of the molecule is Cc1cccc(C(=O)CCC2CC2)c1Cl. The highest BCUT2D eigenvalue weighted by Crippen LogP contribution is 2.34. The number of carbonyl (C=O) groups excluding carboxylic acids is 1. The highest BCUT2D eigenvalue weighted by atomic mass is 35.5. The molecule has 0 aliphatic heterocycles. The van der Waals surface area contributed by atoms with E-state index in [1.54, 1.807) is 0 Å². The second kappa shape index (κ2) is 4.36. The van der Waals surface area contributed by atoms with Crippen molar-refractivity contribution in [3.63, 3.8) is 0 Å². The number of hydrogen-bond donors (Lipinski definition) is 0. The van der Waals surface area contributed by atoms with E-state index >= 15 is 0 Å². The van der Waals surface area contributed by atoms with Crippen LogP contribution in [0.15, 0.2) is 18.2 Å². The van der Waals surface area contributed by atoms with Crippen LogP contribution in [0.2, 0.25) is 5.02 Å². The van der Waals surface area contributed by atoms with Crippen LogP contribution in [0.25, 0.3) is 0 Å². The van der Waals surface area contributed by atoms with Crippen molar-refractivity contribution < 1.29 is 4.79 Å². The van der Waals surface area contributed by atoms with Gasteiger partial charge in [0.25, 0.3) is 0 Å². The Bertz CT molecular complexity index is 380. The Labute approximate surface area is 95.4 Å². The lowest BCUT2D eigenvalue weighted by atomic mass is 10.0. The van der Waals surface area contributed by atoms with Crippen LogP contribution in [0.1, 0.15) is 41.6 Å². The normalized spacial score (nSPS) is 15.3. The standard InChI is InChI=1S/C13H15ClO/c1-9-3-2-4-11(13(9)14)12(15)8-7-10-5-6-10/h2-4,10H,5-8H2,1H3. The molecular weight excluding hydrogens is 208 g/mol. The van der Waals surface area contributed by atoms with Crippen molar-refractivity contribution >= 4 is 17.4 Å². The second-order valence-electron chi connectivity index (χ2n) is 4.34. The van der Waals surface area contributed by atoms with Crippen molar-refractivity contribution in [1.82, 2.24) is 0 Å². The first-order valence-electron chi connectivity index (χ1n) is 5.47. The summed E-state index contributed by atoms with van der Waals surface area (Å²) in [7, 11) is 0. The predicted octanol–water partition coefficient (Wildman–Crippen LogP) is 4.02. The summed E-state index contributed by atoms with van der Waals surface area (Å²) in [5.74, 6) is 0.994. The van der Waals surface area contributed by atoms with E-state index in [-0.39, 0.29) is 5.78 Å². The molecule has 1 aliphatic carbocycles. The first-order chi connectivity index (χ1) is 7.18. The summed E-state index contributed by atoms with van der Waals surface area (Å²) in [6.45, 7) is 1.93. The largest absolute Gasteiger partial charge is 0.294 e. The number of rotatable bonds is 4. The lowest BCUT2D eigenvalue weighted by molar-refractivity contribution is 0.0978. The Kier molecular flexibility index (Phi) is 3.11. The topological polar surface area (TPSA) is 17.1 Å². The van der Waals surface area contributed by atoms with Gasteiger partial charge in [-0.15, -0.1) is 0 Å². The quantitative estimate of drug-likeness (QED) is 0.704. The molecule has 1 saturated carbocycles. The fourth-order valence-corrected chi connectivity index (χ4v) is 1.97. The van der Waals surface area contributed by atoms with Crippen molar-refractivity contribution in [3.05, 3.63) is 34.3 Å². The lowest BCUT2D eigenvalue weighted by Crippen LogP contribution is -2.01. The molecule has 80 valence electrons. The molecule has 0 bridgehead atoms. The van der Waals surface area contributed by atoms with Crippen LogP contribution in [0.4, 0.5) is 0 Å². The van der Waals surface area contributed by atoms with Gasteiger partial charge in [-0.25, -0.2) is 0 Å². The zero-order chi connectivity index (χ0) is 10.8. The Morgan fingerprint density at radius 2 is 2.20 bits per heavy atom. The summed E-state index contributed by atoms with van der Waals surface area (Å²) in [5, 5.41) is 0.623. The van der Waals surface area contributed by atoms with Crippen molar-refractivity contribution in [2.24, 2.45) is 5.92 Å². The first kappa shape index (κ1) is 10.7. The molecule has 15 heavy (non-hydrogen) atoms. The monoisotopic (exact) mass is 222 g/mol. The molecule has 0 unspecified atom stereocenters. The van der Waals surface area contributed by atoms with Gasteiger partial charge < -0.3 is 0 Å². The van der Waals surface area contributed by atoms with Gasteiger partial charge in [-0.1, -0.05) is 36.6 Å². The third kappa shape index (κ3) is 2.60. The van der Waals surface area contributed by atoms with Gasteiger partial charge in [-0.05, 0) is 30.9 Å². The molecule has 0 spiro atoms. The number of carbonyl (C=O) groups is 1. The van der Waals surface area contributed by atoms with Gasteiger partial charge in [-0.3, -0.25) is 4.79 Å². The fourth-order valence-electron chi connectivity index (χ4n) is 1.74. The number of halogens is 1. The van der Waals surface area contributed by atoms with Crippen molar-refractivity contribution in [3.8, 4) is 0 Å².